The van der Waals surface area contributed by atoms with E-state index in [1.54, 1.807) is 6.07 Å². The number of nitrogens with one attached hydrogen (secondary N) is 1. The first-order chi connectivity index (χ1) is 9.22. The van der Waals surface area contributed by atoms with Crippen LogP contribution in [0.15, 0.2) is 18.2 Å². The van der Waals surface area contributed by atoms with Gasteiger partial charge < -0.3 is 5.32 Å². The van der Waals surface area contributed by atoms with Gasteiger partial charge in [-0.3, -0.25) is 4.90 Å². The molecule has 1 N–H and O–H groups in total. The average molecular weight is 321 g/mol. The zero-order valence-electron chi connectivity index (χ0n) is 11.9. The molecular weight excluding hydrogens is 298 g/mol. The Balaban J connectivity index is 0.00000200. The van der Waals surface area contributed by atoms with Crippen molar-refractivity contribution < 1.29 is 4.39 Å². The molecule has 1 saturated heterocycles. The van der Waals surface area contributed by atoms with E-state index in [1.165, 1.54) is 18.9 Å². The van der Waals surface area contributed by atoms with Gasteiger partial charge in [-0.25, -0.2) is 4.39 Å². The van der Waals surface area contributed by atoms with E-state index in [0.717, 1.165) is 38.2 Å². The van der Waals surface area contributed by atoms with Gasteiger partial charge in [-0.15, -0.1) is 12.4 Å². The van der Waals surface area contributed by atoms with E-state index in [4.69, 9.17) is 11.6 Å². The van der Waals surface area contributed by atoms with Crippen LogP contribution in [0, 0.1) is 5.82 Å². The van der Waals surface area contributed by atoms with Crippen molar-refractivity contribution in [2.45, 2.75) is 32.2 Å². The van der Waals surface area contributed by atoms with Crippen LogP contribution in [0.1, 0.15) is 37.8 Å². The number of hydrogen-bond donors (Lipinski definition) is 1. The first kappa shape index (κ1) is 17.7. The smallest absolute Gasteiger partial charge is 0.141 e. The SMILES string of the molecule is CCCC[C@@H](c1ccc(F)c(Cl)c1)N1CCNCC1.Cl. The Bertz CT molecular complexity index is 409. The fraction of sp³-hybridized carbons (Fsp3) is 0.600. The van der Waals surface area contributed by atoms with Crippen molar-refractivity contribution in [3.8, 4) is 0 Å². The van der Waals surface area contributed by atoms with E-state index in [2.05, 4.69) is 17.1 Å². The number of nitrogens with zero attached hydrogens (tertiary/aromatic N) is 1. The minimum Gasteiger partial charge on any atom is -0.314 e. The summed E-state index contributed by atoms with van der Waals surface area (Å²) >= 11 is 5.93. The summed E-state index contributed by atoms with van der Waals surface area (Å²) in [4.78, 5) is 2.48. The zero-order valence-corrected chi connectivity index (χ0v) is 13.4. The zero-order chi connectivity index (χ0) is 13.7. The predicted molar refractivity (Wildman–Crippen MR) is 85.4 cm³/mol. The van der Waals surface area contributed by atoms with Crippen molar-refractivity contribution in [2.24, 2.45) is 0 Å². The van der Waals surface area contributed by atoms with E-state index in [1.807, 2.05) is 6.07 Å². The number of unbranched alkanes of at least 4 members (excludes halogenated alkanes) is 1. The second kappa shape index (κ2) is 8.83. The molecule has 1 fully saturated rings. The van der Waals surface area contributed by atoms with Crippen molar-refractivity contribution >= 4 is 24.0 Å². The van der Waals surface area contributed by atoms with Crippen LogP contribution in [-0.2, 0) is 0 Å². The molecule has 1 aliphatic rings. The van der Waals surface area contributed by atoms with Gasteiger partial charge in [0.1, 0.15) is 5.82 Å². The lowest BCUT2D eigenvalue weighted by Crippen LogP contribution is -2.45. The number of hydrogen-bond acceptors (Lipinski definition) is 2. The summed E-state index contributed by atoms with van der Waals surface area (Å²) in [6.07, 6.45) is 3.47. The fourth-order valence-corrected chi connectivity index (χ4v) is 2.86. The van der Waals surface area contributed by atoms with Gasteiger partial charge in [0, 0.05) is 32.2 Å². The first-order valence-electron chi connectivity index (χ1n) is 7.12. The molecule has 0 aliphatic carbocycles. The summed E-state index contributed by atoms with van der Waals surface area (Å²) in [6, 6.07) is 5.52. The minimum absolute atomic E-state index is 0. The van der Waals surface area contributed by atoms with E-state index in [9.17, 15) is 4.39 Å². The van der Waals surface area contributed by atoms with Crippen molar-refractivity contribution in [3.63, 3.8) is 0 Å². The minimum atomic E-state index is -0.333. The normalized spacial score (nSPS) is 17.6. The van der Waals surface area contributed by atoms with Gasteiger partial charge >= 0.3 is 0 Å². The molecule has 114 valence electrons. The lowest BCUT2D eigenvalue weighted by molar-refractivity contribution is 0.163. The maximum Gasteiger partial charge on any atom is 0.141 e. The maximum atomic E-state index is 13.3. The molecule has 2 nitrogen and oxygen atoms in total. The average Bonchev–Trinajstić information content (AvgIpc) is 2.44. The highest BCUT2D eigenvalue weighted by Gasteiger charge is 2.22. The molecule has 20 heavy (non-hydrogen) atoms. The third kappa shape index (κ3) is 4.59. The Kier molecular flexibility index (Phi) is 7.82. The Labute approximate surface area is 132 Å². The molecule has 0 unspecified atom stereocenters. The summed E-state index contributed by atoms with van der Waals surface area (Å²) in [6.45, 7) is 6.34. The van der Waals surface area contributed by atoms with Gasteiger partial charge in [-0.05, 0) is 24.1 Å². The topological polar surface area (TPSA) is 15.3 Å². The van der Waals surface area contributed by atoms with Gasteiger partial charge in [-0.1, -0.05) is 37.4 Å². The largest absolute Gasteiger partial charge is 0.314 e. The van der Waals surface area contributed by atoms with Crippen LogP contribution in [0.5, 0.6) is 0 Å². The molecule has 1 aliphatic heterocycles. The number of benzene rings is 1. The molecule has 0 saturated carbocycles. The van der Waals surface area contributed by atoms with Crippen molar-refractivity contribution in [2.75, 3.05) is 26.2 Å². The Morgan fingerprint density at radius 3 is 2.65 bits per heavy atom. The van der Waals surface area contributed by atoms with Gasteiger partial charge in [0.05, 0.1) is 5.02 Å². The Morgan fingerprint density at radius 2 is 2.05 bits per heavy atom. The molecular formula is C15H23Cl2FN2. The van der Waals surface area contributed by atoms with Gasteiger partial charge in [-0.2, -0.15) is 0 Å². The molecule has 0 amide bonds. The second-order valence-electron chi connectivity index (χ2n) is 5.12. The molecule has 1 aromatic carbocycles. The summed E-state index contributed by atoms with van der Waals surface area (Å²) in [5, 5.41) is 3.60. The summed E-state index contributed by atoms with van der Waals surface area (Å²) in [5.74, 6) is -0.333. The van der Waals surface area contributed by atoms with Crippen LogP contribution < -0.4 is 5.32 Å². The predicted octanol–water partition coefficient (Wildman–Crippen LogP) is 4.04. The molecule has 1 heterocycles. The lowest BCUT2D eigenvalue weighted by Gasteiger charge is -2.35. The van der Waals surface area contributed by atoms with Gasteiger partial charge in [0.15, 0.2) is 0 Å². The fourth-order valence-electron chi connectivity index (χ4n) is 2.67. The van der Waals surface area contributed by atoms with Crippen molar-refractivity contribution in [1.29, 1.82) is 0 Å². The van der Waals surface area contributed by atoms with Crippen molar-refractivity contribution in [1.82, 2.24) is 10.2 Å². The highest BCUT2D eigenvalue weighted by molar-refractivity contribution is 6.30. The number of piperazine rings is 1. The summed E-state index contributed by atoms with van der Waals surface area (Å²) < 4.78 is 13.3. The van der Waals surface area contributed by atoms with Crippen molar-refractivity contribution in [3.05, 3.63) is 34.6 Å². The van der Waals surface area contributed by atoms with Crippen LogP contribution >= 0.6 is 24.0 Å². The van der Waals surface area contributed by atoms with Crippen LogP contribution in [0.3, 0.4) is 0 Å². The molecule has 1 aromatic rings. The molecule has 0 spiro atoms. The number of halogens is 3. The van der Waals surface area contributed by atoms with Crippen LogP contribution in [0.25, 0.3) is 0 Å². The molecule has 2 rings (SSSR count). The lowest BCUT2D eigenvalue weighted by atomic mass is 9.98. The monoisotopic (exact) mass is 320 g/mol. The molecule has 0 radical (unpaired) electrons. The van der Waals surface area contributed by atoms with Gasteiger partial charge in [0.25, 0.3) is 0 Å². The quantitative estimate of drug-likeness (QED) is 0.880. The highest BCUT2D eigenvalue weighted by Crippen LogP contribution is 2.29. The summed E-state index contributed by atoms with van der Waals surface area (Å²) in [7, 11) is 0. The molecule has 1 atom stereocenters. The van der Waals surface area contributed by atoms with Crippen LogP contribution in [-0.4, -0.2) is 31.1 Å². The maximum absolute atomic E-state index is 13.3. The second-order valence-corrected chi connectivity index (χ2v) is 5.52. The highest BCUT2D eigenvalue weighted by atomic mass is 35.5. The molecule has 0 bridgehead atoms. The number of rotatable bonds is 5. The Hall–Kier alpha value is -0.350. The third-order valence-electron chi connectivity index (χ3n) is 3.75. The van der Waals surface area contributed by atoms with E-state index >= 15 is 0 Å². The standard InChI is InChI=1S/C15H22ClFN2.ClH/c1-2-3-4-15(19-9-7-18-8-10-19)12-5-6-14(17)13(16)11-12;/h5-6,11,15,18H,2-4,7-10H2,1H3;1H/t15-;/m0./s1. The van der Waals surface area contributed by atoms with E-state index in [0.29, 0.717) is 6.04 Å². The van der Waals surface area contributed by atoms with Crippen LogP contribution in [0.4, 0.5) is 4.39 Å². The Morgan fingerprint density at radius 1 is 1.35 bits per heavy atom. The van der Waals surface area contributed by atoms with Crippen LogP contribution in [0.2, 0.25) is 5.02 Å². The van der Waals surface area contributed by atoms with E-state index < -0.39 is 0 Å². The third-order valence-corrected chi connectivity index (χ3v) is 4.04. The summed E-state index contributed by atoms with van der Waals surface area (Å²) in [5.41, 5.74) is 1.14. The van der Waals surface area contributed by atoms with Gasteiger partial charge in [0.2, 0.25) is 0 Å². The molecule has 0 aromatic heterocycles. The first-order valence-corrected chi connectivity index (χ1v) is 7.50. The van der Waals surface area contributed by atoms with E-state index in [-0.39, 0.29) is 23.2 Å². The molecule has 5 heteroatoms.